The second kappa shape index (κ2) is 6.66. The van der Waals surface area contributed by atoms with Crippen LogP contribution in [0.4, 0.5) is 0 Å². The van der Waals surface area contributed by atoms with Gasteiger partial charge in [0, 0.05) is 0 Å². The molecule has 0 N–H and O–H groups in total. The van der Waals surface area contributed by atoms with Crippen LogP contribution in [0.25, 0.3) is 0 Å². The van der Waals surface area contributed by atoms with Crippen LogP contribution in [0.5, 0.6) is 0 Å². The summed E-state index contributed by atoms with van der Waals surface area (Å²) in [4.78, 5) is 37.7. The smallest absolute Gasteiger partial charge is 0.338 e. The highest BCUT2D eigenvalue weighted by Gasteiger charge is 2.34. The van der Waals surface area contributed by atoms with Crippen molar-refractivity contribution in [3.63, 3.8) is 0 Å². The number of rotatable bonds is 5. The van der Waals surface area contributed by atoms with Gasteiger partial charge < -0.3 is 4.74 Å². The van der Waals surface area contributed by atoms with Crippen LogP contribution < -0.4 is 0 Å². The van der Waals surface area contributed by atoms with E-state index in [-0.39, 0.29) is 24.3 Å². The number of esters is 1. The largest absolute Gasteiger partial charge is 0.462 e. The third-order valence-electron chi connectivity index (χ3n) is 3.85. The number of nitrogens with zero attached hydrogens (tertiary/aromatic N) is 1. The lowest BCUT2D eigenvalue weighted by Crippen LogP contribution is -2.29. The van der Waals surface area contributed by atoms with Gasteiger partial charge in [0.2, 0.25) is 0 Å². The molecule has 2 aromatic rings. The van der Waals surface area contributed by atoms with Crippen LogP contribution in [0.2, 0.25) is 0 Å². The molecule has 122 valence electrons. The molecule has 3 rings (SSSR count). The molecule has 2 amide bonds. The van der Waals surface area contributed by atoms with Crippen LogP contribution in [0.1, 0.15) is 50.0 Å². The molecule has 0 saturated carbocycles. The summed E-state index contributed by atoms with van der Waals surface area (Å²) < 4.78 is 5.07. The van der Waals surface area contributed by atoms with E-state index < -0.39 is 0 Å². The van der Waals surface area contributed by atoms with Gasteiger partial charge in [-0.1, -0.05) is 31.2 Å². The van der Waals surface area contributed by atoms with Crippen molar-refractivity contribution in [3.8, 4) is 0 Å². The van der Waals surface area contributed by atoms with Crippen molar-refractivity contribution in [1.29, 1.82) is 0 Å². The summed E-state index contributed by atoms with van der Waals surface area (Å²) >= 11 is 0. The molecule has 0 saturated heterocycles. The molecule has 5 nitrogen and oxygen atoms in total. The van der Waals surface area contributed by atoms with Crippen molar-refractivity contribution in [2.45, 2.75) is 19.9 Å². The minimum absolute atomic E-state index is 0.177. The van der Waals surface area contributed by atoms with E-state index >= 15 is 0 Å². The summed E-state index contributed by atoms with van der Waals surface area (Å²) in [6, 6.07) is 13.5. The summed E-state index contributed by atoms with van der Waals surface area (Å²) in [5, 5.41) is 0. The van der Waals surface area contributed by atoms with Crippen molar-refractivity contribution in [1.82, 2.24) is 4.90 Å². The zero-order valence-corrected chi connectivity index (χ0v) is 13.3. The topological polar surface area (TPSA) is 63.7 Å². The van der Waals surface area contributed by atoms with Gasteiger partial charge in [-0.2, -0.15) is 0 Å². The summed E-state index contributed by atoms with van der Waals surface area (Å²) in [7, 11) is 0. The van der Waals surface area contributed by atoms with E-state index in [4.69, 9.17) is 4.74 Å². The van der Waals surface area contributed by atoms with Crippen LogP contribution in [0.3, 0.4) is 0 Å². The molecule has 5 heteroatoms. The van der Waals surface area contributed by atoms with Crippen LogP contribution in [-0.2, 0) is 11.3 Å². The Kier molecular flexibility index (Phi) is 4.42. The molecular formula is C19H17NO4. The molecule has 1 aliphatic rings. The number of hydrogen-bond acceptors (Lipinski definition) is 4. The predicted molar refractivity (Wildman–Crippen MR) is 87.7 cm³/mol. The Labute approximate surface area is 139 Å². The Balaban J connectivity index is 1.72. The monoisotopic (exact) mass is 323 g/mol. The van der Waals surface area contributed by atoms with Crippen LogP contribution in [0.15, 0.2) is 48.5 Å². The third kappa shape index (κ3) is 2.93. The minimum Gasteiger partial charge on any atom is -0.462 e. The van der Waals surface area contributed by atoms with Gasteiger partial charge in [0.25, 0.3) is 11.8 Å². The van der Waals surface area contributed by atoms with Crippen LogP contribution in [-0.4, -0.2) is 29.3 Å². The Bertz CT molecular complexity index is 760. The lowest BCUT2D eigenvalue weighted by atomic mass is 10.1. The maximum atomic E-state index is 12.3. The highest BCUT2D eigenvalue weighted by molar-refractivity contribution is 6.21. The molecule has 0 radical (unpaired) electrons. The molecule has 2 aromatic carbocycles. The minimum atomic E-state index is -0.371. The first-order valence-electron chi connectivity index (χ1n) is 7.83. The summed E-state index contributed by atoms with van der Waals surface area (Å²) in [6.45, 7) is 2.49. The number of fused-ring (bicyclic) bond motifs is 1. The van der Waals surface area contributed by atoms with Crippen molar-refractivity contribution in [2.75, 3.05) is 6.61 Å². The van der Waals surface area contributed by atoms with Crippen molar-refractivity contribution < 1.29 is 19.1 Å². The molecule has 0 fully saturated rings. The van der Waals surface area contributed by atoms with Gasteiger partial charge >= 0.3 is 5.97 Å². The van der Waals surface area contributed by atoms with Gasteiger partial charge in [-0.25, -0.2) is 4.79 Å². The Morgan fingerprint density at radius 2 is 1.54 bits per heavy atom. The predicted octanol–water partition coefficient (Wildman–Crippen LogP) is 3.05. The SMILES string of the molecule is CCCOC(=O)c1ccc(CN2C(=O)c3ccccc3C2=O)cc1. The molecule has 1 aliphatic heterocycles. The lowest BCUT2D eigenvalue weighted by molar-refractivity contribution is 0.0503. The van der Waals surface area contributed by atoms with E-state index in [0.29, 0.717) is 23.3 Å². The first kappa shape index (κ1) is 15.9. The second-order valence-electron chi connectivity index (χ2n) is 5.57. The molecule has 0 aliphatic carbocycles. The Morgan fingerprint density at radius 3 is 2.08 bits per heavy atom. The molecular weight excluding hydrogens is 306 g/mol. The summed E-state index contributed by atoms with van der Waals surface area (Å²) in [5.74, 6) is -0.951. The number of hydrogen-bond donors (Lipinski definition) is 0. The average molecular weight is 323 g/mol. The van der Waals surface area contributed by atoms with E-state index in [0.717, 1.165) is 12.0 Å². The zero-order chi connectivity index (χ0) is 17.1. The van der Waals surface area contributed by atoms with Crippen LogP contribution >= 0.6 is 0 Å². The summed E-state index contributed by atoms with van der Waals surface area (Å²) in [6.07, 6.45) is 0.767. The van der Waals surface area contributed by atoms with Crippen molar-refractivity contribution >= 4 is 17.8 Å². The number of imide groups is 1. The first-order valence-corrected chi connectivity index (χ1v) is 7.83. The molecule has 0 aromatic heterocycles. The second-order valence-corrected chi connectivity index (χ2v) is 5.57. The zero-order valence-electron chi connectivity index (χ0n) is 13.3. The maximum Gasteiger partial charge on any atom is 0.338 e. The number of carbonyl (C=O) groups is 3. The van der Waals surface area contributed by atoms with E-state index in [1.54, 1.807) is 48.5 Å². The Morgan fingerprint density at radius 1 is 0.958 bits per heavy atom. The van der Waals surface area contributed by atoms with E-state index in [1.807, 2.05) is 6.92 Å². The van der Waals surface area contributed by atoms with Gasteiger partial charge in [-0.15, -0.1) is 0 Å². The number of benzene rings is 2. The maximum absolute atomic E-state index is 12.3. The van der Waals surface area contributed by atoms with Gasteiger partial charge in [0.15, 0.2) is 0 Å². The fraction of sp³-hybridized carbons (Fsp3) is 0.211. The fourth-order valence-corrected chi connectivity index (χ4v) is 2.59. The molecule has 24 heavy (non-hydrogen) atoms. The number of amides is 2. The molecule has 0 atom stereocenters. The molecule has 1 heterocycles. The van der Waals surface area contributed by atoms with Gasteiger partial charge in [0.05, 0.1) is 29.8 Å². The van der Waals surface area contributed by atoms with E-state index in [9.17, 15) is 14.4 Å². The van der Waals surface area contributed by atoms with Gasteiger partial charge in [-0.3, -0.25) is 14.5 Å². The van der Waals surface area contributed by atoms with Crippen molar-refractivity contribution in [3.05, 3.63) is 70.8 Å². The highest BCUT2D eigenvalue weighted by Crippen LogP contribution is 2.24. The third-order valence-corrected chi connectivity index (χ3v) is 3.85. The molecule has 0 unspecified atom stereocenters. The number of ether oxygens (including phenoxy) is 1. The highest BCUT2D eigenvalue weighted by atomic mass is 16.5. The van der Waals surface area contributed by atoms with E-state index in [1.165, 1.54) is 4.90 Å². The summed E-state index contributed by atoms with van der Waals surface area (Å²) in [5.41, 5.74) is 2.09. The first-order chi connectivity index (χ1) is 11.6. The van der Waals surface area contributed by atoms with Crippen molar-refractivity contribution in [2.24, 2.45) is 0 Å². The lowest BCUT2D eigenvalue weighted by Gasteiger charge is -2.14. The number of carbonyl (C=O) groups excluding carboxylic acids is 3. The fourth-order valence-electron chi connectivity index (χ4n) is 2.59. The van der Waals surface area contributed by atoms with Gasteiger partial charge in [-0.05, 0) is 36.2 Å². The molecule has 0 spiro atoms. The van der Waals surface area contributed by atoms with Gasteiger partial charge in [0.1, 0.15) is 0 Å². The average Bonchev–Trinajstić information content (AvgIpc) is 2.85. The Hall–Kier alpha value is -2.95. The standard InChI is InChI=1S/C19H17NO4/c1-2-11-24-19(23)14-9-7-13(8-10-14)12-20-17(21)15-5-3-4-6-16(15)18(20)22/h3-10H,2,11-12H2,1H3. The normalized spacial score (nSPS) is 13.1. The quantitative estimate of drug-likeness (QED) is 0.627. The molecule has 0 bridgehead atoms. The van der Waals surface area contributed by atoms with E-state index in [2.05, 4.69) is 0 Å². The van der Waals surface area contributed by atoms with Crippen LogP contribution in [0, 0.1) is 0 Å².